The van der Waals surface area contributed by atoms with Crippen molar-refractivity contribution in [2.75, 3.05) is 12.4 Å². The summed E-state index contributed by atoms with van der Waals surface area (Å²) in [6.07, 6.45) is 0.800. The lowest BCUT2D eigenvalue weighted by Crippen LogP contribution is -2.27. The molecule has 1 unspecified atom stereocenters. The number of benzene rings is 2. The highest BCUT2D eigenvalue weighted by Gasteiger charge is 2.20. The number of fused-ring (bicyclic) bond motifs is 1. The Morgan fingerprint density at radius 3 is 2.76 bits per heavy atom. The van der Waals surface area contributed by atoms with Crippen LogP contribution in [0.3, 0.4) is 0 Å². The van der Waals surface area contributed by atoms with Crippen molar-refractivity contribution in [3.05, 3.63) is 58.4 Å². The van der Waals surface area contributed by atoms with E-state index in [0.717, 1.165) is 12.0 Å². The second-order valence-electron chi connectivity index (χ2n) is 6.82. The van der Waals surface area contributed by atoms with E-state index < -0.39 is 5.25 Å². The van der Waals surface area contributed by atoms with Gasteiger partial charge in [-0.05, 0) is 50.1 Å². The summed E-state index contributed by atoms with van der Waals surface area (Å²) in [6.45, 7) is 6.32. The lowest BCUT2D eigenvalue weighted by molar-refractivity contribution is -0.115. The Hall–Kier alpha value is -2.80. The molecular formula is C22H25N3O3S. The van der Waals surface area contributed by atoms with Crippen molar-refractivity contribution in [1.29, 1.82) is 0 Å². The Bertz CT molecular complexity index is 1090. The third kappa shape index (κ3) is 4.62. The van der Waals surface area contributed by atoms with Crippen LogP contribution in [0, 0.1) is 6.92 Å². The molecule has 0 spiro atoms. The van der Waals surface area contributed by atoms with Gasteiger partial charge in [0.1, 0.15) is 5.75 Å². The molecule has 0 aliphatic heterocycles. The number of rotatable bonds is 7. The molecule has 2 aromatic carbocycles. The number of aryl methyl sites for hydroxylation is 1. The van der Waals surface area contributed by atoms with E-state index in [-0.39, 0.29) is 11.5 Å². The van der Waals surface area contributed by atoms with Crippen molar-refractivity contribution >= 4 is 34.3 Å². The Kier molecular flexibility index (Phi) is 6.59. The highest BCUT2D eigenvalue weighted by Crippen LogP contribution is 2.28. The number of aromatic nitrogens is 2. The number of para-hydroxylation sites is 1. The van der Waals surface area contributed by atoms with E-state index in [2.05, 4.69) is 10.3 Å². The minimum Gasteiger partial charge on any atom is -0.495 e. The van der Waals surface area contributed by atoms with Gasteiger partial charge >= 0.3 is 0 Å². The van der Waals surface area contributed by atoms with Crippen LogP contribution < -0.4 is 15.6 Å². The first-order chi connectivity index (χ1) is 13.9. The molecule has 1 atom stereocenters. The van der Waals surface area contributed by atoms with E-state index in [0.29, 0.717) is 34.0 Å². The summed E-state index contributed by atoms with van der Waals surface area (Å²) in [7, 11) is 1.57. The molecule has 152 valence electrons. The minimum atomic E-state index is -0.448. The van der Waals surface area contributed by atoms with E-state index in [4.69, 9.17) is 4.74 Å². The van der Waals surface area contributed by atoms with Crippen molar-refractivity contribution in [2.45, 2.75) is 44.1 Å². The van der Waals surface area contributed by atoms with Gasteiger partial charge in [0.25, 0.3) is 5.56 Å². The molecule has 1 heterocycles. The molecule has 1 N–H and O–H groups in total. The van der Waals surface area contributed by atoms with Crippen molar-refractivity contribution < 1.29 is 9.53 Å². The Morgan fingerprint density at radius 2 is 2.03 bits per heavy atom. The molecule has 0 saturated carbocycles. The van der Waals surface area contributed by atoms with E-state index in [9.17, 15) is 9.59 Å². The average Bonchev–Trinajstić information content (AvgIpc) is 2.71. The van der Waals surface area contributed by atoms with Crippen LogP contribution in [0.15, 0.2) is 52.4 Å². The zero-order chi connectivity index (χ0) is 21.0. The van der Waals surface area contributed by atoms with Crippen LogP contribution in [0.1, 0.15) is 25.8 Å². The summed E-state index contributed by atoms with van der Waals surface area (Å²) in [5.41, 5.74) is 2.21. The number of anilines is 1. The number of nitrogens with zero attached hydrogens (tertiary/aromatic N) is 2. The number of nitrogens with one attached hydrogen (secondary N) is 1. The highest BCUT2D eigenvalue weighted by atomic mass is 32.2. The van der Waals surface area contributed by atoms with E-state index in [1.807, 2.05) is 50.2 Å². The fraction of sp³-hybridized carbons (Fsp3) is 0.318. The smallest absolute Gasteiger partial charge is 0.262 e. The number of hydrogen-bond acceptors (Lipinski definition) is 5. The summed E-state index contributed by atoms with van der Waals surface area (Å²) in [5, 5.41) is 3.62. The van der Waals surface area contributed by atoms with Gasteiger partial charge in [-0.3, -0.25) is 14.2 Å². The molecule has 0 aliphatic carbocycles. The minimum absolute atomic E-state index is 0.0760. The number of amides is 1. The van der Waals surface area contributed by atoms with Gasteiger partial charge in [-0.15, -0.1) is 0 Å². The van der Waals surface area contributed by atoms with Crippen LogP contribution in [-0.4, -0.2) is 27.8 Å². The topological polar surface area (TPSA) is 73.2 Å². The predicted octanol–water partition coefficient (Wildman–Crippen LogP) is 4.24. The van der Waals surface area contributed by atoms with Crippen LogP contribution in [0.5, 0.6) is 5.75 Å². The summed E-state index contributed by atoms with van der Waals surface area (Å²) < 4.78 is 6.99. The lowest BCUT2D eigenvalue weighted by atomic mass is 10.2. The lowest BCUT2D eigenvalue weighted by Gasteiger charge is -2.17. The molecule has 7 heteroatoms. The number of ether oxygens (including phenoxy) is 1. The first-order valence-electron chi connectivity index (χ1n) is 9.56. The van der Waals surface area contributed by atoms with Crippen molar-refractivity contribution in [2.24, 2.45) is 0 Å². The second-order valence-corrected chi connectivity index (χ2v) is 8.13. The average molecular weight is 412 g/mol. The second kappa shape index (κ2) is 9.13. The third-order valence-corrected chi connectivity index (χ3v) is 5.63. The van der Waals surface area contributed by atoms with Gasteiger partial charge in [-0.1, -0.05) is 36.9 Å². The van der Waals surface area contributed by atoms with Gasteiger partial charge in [-0.25, -0.2) is 4.98 Å². The van der Waals surface area contributed by atoms with Crippen LogP contribution >= 0.6 is 11.8 Å². The van der Waals surface area contributed by atoms with Crippen molar-refractivity contribution in [1.82, 2.24) is 9.55 Å². The number of hydrogen-bond donors (Lipinski definition) is 1. The van der Waals surface area contributed by atoms with Crippen LogP contribution in [0.4, 0.5) is 5.69 Å². The molecule has 3 aromatic rings. The fourth-order valence-electron chi connectivity index (χ4n) is 3.02. The number of thioether (sulfide) groups is 1. The Balaban J connectivity index is 1.88. The molecule has 6 nitrogen and oxygen atoms in total. The molecular weight excluding hydrogens is 386 g/mol. The molecule has 0 bridgehead atoms. The maximum atomic E-state index is 12.9. The molecule has 0 saturated heterocycles. The number of carbonyl (C=O) groups is 1. The summed E-state index contributed by atoms with van der Waals surface area (Å²) in [4.78, 5) is 30.4. The predicted molar refractivity (Wildman–Crippen MR) is 118 cm³/mol. The number of carbonyl (C=O) groups excluding carboxylic acids is 1. The van der Waals surface area contributed by atoms with Crippen LogP contribution in [-0.2, 0) is 11.3 Å². The molecule has 0 fully saturated rings. The molecule has 3 rings (SSSR count). The standard InChI is InChI=1S/C22H25N3O3S/c1-5-12-25-21(27)16-8-6-7-9-17(16)24-22(25)29-15(3)20(26)23-18-13-14(2)10-11-19(18)28-4/h6-11,13,15H,5,12H2,1-4H3,(H,23,26). The van der Waals surface area contributed by atoms with Gasteiger partial charge < -0.3 is 10.1 Å². The monoisotopic (exact) mass is 411 g/mol. The van der Waals surface area contributed by atoms with Crippen molar-refractivity contribution in [3.8, 4) is 5.75 Å². The van der Waals surface area contributed by atoms with E-state index >= 15 is 0 Å². The van der Waals surface area contributed by atoms with Gasteiger partial charge in [-0.2, -0.15) is 0 Å². The summed E-state index contributed by atoms with van der Waals surface area (Å²) in [5.74, 6) is 0.428. The van der Waals surface area contributed by atoms with Gasteiger partial charge in [0.15, 0.2) is 5.16 Å². The zero-order valence-electron chi connectivity index (χ0n) is 17.1. The maximum Gasteiger partial charge on any atom is 0.262 e. The fourth-order valence-corrected chi connectivity index (χ4v) is 3.96. The van der Waals surface area contributed by atoms with Gasteiger partial charge in [0.05, 0.1) is 29.0 Å². The first kappa shape index (κ1) is 20.9. The Morgan fingerprint density at radius 1 is 1.28 bits per heavy atom. The highest BCUT2D eigenvalue weighted by molar-refractivity contribution is 8.00. The summed E-state index contributed by atoms with van der Waals surface area (Å²) in [6, 6.07) is 12.9. The normalized spacial score (nSPS) is 12.0. The summed E-state index contributed by atoms with van der Waals surface area (Å²) >= 11 is 1.28. The molecule has 0 radical (unpaired) electrons. The quantitative estimate of drug-likeness (QED) is 0.465. The van der Waals surface area contributed by atoms with E-state index in [1.54, 1.807) is 24.7 Å². The van der Waals surface area contributed by atoms with Gasteiger partial charge in [0.2, 0.25) is 5.91 Å². The SMILES string of the molecule is CCCn1c(SC(C)C(=O)Nc2cc(C)ccc2OC)nc2ccccc2c1=O. The van der Waals surface area contributed by atoms with Crippen LogP contribution in [0.25, 0.3) is 10.9 Å². The zero-order valence-corrected chi connectivity index (χ0v) is 17.9. The Labute approximate surface area is 174 Å². The molecule has 1 aromatic heterocycles. The van der Waals surface area contributed by atoms with Crippen LogP contribution in [0.2, 0.25) is 0 Å². The molecule has 29 heavy (non-hydrogen) atoms. The maximum absolute atomic E-state index is 12.9. The molecule has 0 aliphatic rings. The van der Waals surface area contributed by atoms with Gasteiger partial charge in [0, 0.05) is 6.54 Å². The largest absolute Gasteiger partial charge is 0.495 e. The third-order valence-electron chi connectivity index (χ3n) is 4.54. The number of methoxy groups -OCH3 is 1. The van der Waals surface area contributed by atoms with Crippen molar-refractivity contribution in [3.63, 3.8) is 0 Å². The molecule has 1 amide bonds. The first-order valence-corrected chi connectivity index (χ1v) is 10.4. The van der Waals surface area contributed by atoms with E-state index in [1.165, 1.54) is 11.8 Å².